The highest BCUT2D eigenvalue weighted by atomic mass is 16.5. The molecule has 27 heavy (non-hydrogen) atoms. The molecule has 0 unspecified atom stereocenters. The van der Waals surface area contributed by atoms with E-state index in [1.807, 2.05) is 39.8 Å². The molecule has 0 fully saturated rings. The summed E-state index contributed by atoms with van der Waals surface area (Å²) in [5.74, 6) is 0.640. The lowest BCUT2D eigenvalue weighted by Gasteiger charge is -2.13. The quantitative estimate of drug-likeness (QED) is 0.750. The zero-order valence-corrected chi connectivity index (χ0v) is 15.9. The van der Waals surface area contributed by atoms with Crippen molar-refractivity contribution in [3.63, 3.8) is 0 Å². The number of rotatable bonds is 5. The number of nitrogens with zero attached hydrogens (tertiary/aromatic N) is 3. The number of pyridine rings is 1. The molecule has 2 heterocycles. The Bertz CT molecular complexity index is 1030. The number of anilines is 1. The van der Waals surface area contributed by atoms with Crippen molar-refractivity contribution in [2.24, 2.45) is 0 Å². The number of aryl methyl sites for hydroxylation is 4. The number of hydrogen-bond donors (Lipinski definition) is 1. The molecule has 1 aromatic carbocycles. The first-order valence-electron chi connectivity index (χ1n) is 8.78. The maximum absolute atomic E-state index is 12.5. The van der Waals surface area contributed by atoms with Gasteiger partial charge in [0.25, 0.3) is 11.4 Å². The highest BCUT2D eigenvalue weighted by Crippen LogP contribution is 2.22. The molecule has 0 atom stereocenters. The van der Waals surface area contributed by atoms with Crippen molar-refractivity contribution in [3.05, 3.63) is 63.3 Å². The van der Waals surface area contributed by atoms with Crippen LogP contribution in [0.4, 0.5) is 5.69 Å². The molecular weight excluding hydrogens is 344 g/mol. The molecule has 1 amide bonds. The van der Waals surface area contributed by atoms with Crippen LogP contribution in [0, 0.1) is 20.8 Å². The minimum Gasteiger partial charge on any atom is -0.334 e. The van der Waals surface area contributed by atoms with Crippen LogP contribution in [0.2, 0.25) is 0 Å². The average Bonchev–Trinajstić information content (AvgIpc) is 3.09. The fraction of sp³-hybridized carbons (Fsp3) is 0.300. The van der Waals surface area contributed by atoms with Crippen LogP contribution in [0.25, 0.3) is 11.5 Å². The predicted octanol–water partition coefficient (Wildman–Crippen LogP) is 3.02. The zero-order chi connectivity index (χ0) is 19.6. The first-order chi connectivity index (χ1) is 12.9. The lowest BCUT2D eigenvalue weighted by molar-refractivity contribution is -0.116. The molecule has 1 N–H and O–H groups in total. The van der Waals surface area contributed by atoms with Crippen LogP contribution >= 0.6 is 0 Å². The van der Waals surface area contributed by atoms with Gasteiger partial charge in [0.1, 0.15) is 6.54 Å². The number of aromatic nitrogens is 3. The summed E-state index contributed by atoms with van der Waals surface area (Å²) in [5.41, 5.74) is 4.20. The van der Waals surface area contributed by atoms with Crippen LogP contribution in [0.5, 0.6) is 0 Å². The van der Waals surface area contributed by atoms with Crippen molar-refractivity contribution in [3.8, 4) is 11.5 Å². The van der Waals surface area contributed by atoms with E-state index in [4.69, 9.17) is 4.52 Å². The molecule has 2 aromatic heterocycles. The Morgan fingerprint density at radius 2 is 1.89 bits per heavy atom. The van der Waals surface area contributed by atoms with E-state index in [1.54, 1.807) is 12.3 Å². The van der Waals surface area contributed by atoms with Crippen LogP contribution in [0.15, 0.2) is 39.8 Å². The normalized spacial score (nSPS) is 10.8. The summed E-state index contributed by atoms with van der Waals surface area (Å²) in [6, 6.07) is 7.02. The molecule has 140 valence electrons. The van der Waals surface area contributed by atoms with E-state index in [2.05, 4.69) is 15.5 Å². The van der Waals surface area contributed by atoms with Gasteiger partial charge in [0.2, 0.25) is 5.91 Å². The number of carbonyl (C=O) groups is 1. The molecule has 3 aromatic rings. The Morgan fingerprint density at radius 1 is 1.19 bits per heavy atom. The van der Waals surface area contributed by atoms with Crippen molar-refractivity contribution in [1.82, 2.24) is 14.7 Å². The minimum absolute atomic E-state index is 0.103. The third-order valence-electron chi connectivity index (χ3n) is 4.27. The Labute approximate surface area is 157 Å². The summed E-state index contributed by atoms with van der Waals surface area (Å²) in [5, 5.41) is 6.76. The van der Waals surface area contributed by atoms with E-state index in [9.17, 15) is 9.59 Å². The summed E-state index contributed by atoms with van der Waals surface area (Å²) in [4.78, 5) is 28.9. The zero-order valence-electron chi connectivity index (χ0n) is 15.9. The molecule has 0 aliphatic carbocycles. The largest absolute Gasteiger partial charge is 0.334 e. The van der Waals surface area contributed by atoms with Gasteiger partial charge in [-0.15, -0.1) is 0 Å². The second-order valence-electron chi connectivity index (χ2n) is 6.58. The van der Waals surface area contributed by atoms with Gasteiger partial charge in [-0.05, 0) is 38.0 Å². The molecule has 7 nitrogen and oxygen atoms in total. The highest BCUT2D eigenvalue weighted by molar-refractivity contribution is 5.92. The van der Waals surface area contributed by atoms with Gasteiger partial charge in [0, 0.05) is 24.4 Å². The van der Waals surface area contributed by atoms with Crippen molar-refractivity contribution in [2.45, 2.75) is 40.7 Å². The first kappa shape index (κ1) is 18.6. The molecule has 0 radical (unpaired) electrons. The monoisotopic (exact) mass is 366 g/mol. The molecule has 0 aliphatic rings. The second-order valence-corrected chi connectivity index (χ2v) is 6.58. The maximum Gasteiger partial charge on any atom is 0.259 e. The Kier molecular flexibility index (Phi) is 5.21. The van der Waals surface area contributed by atoms with E-state index >= 15 is 0 Å². The van der Waals surface area contributed by atoms with E-state index in [1.165, 1.54) is 10.6 Å². The van der Waals surface area contributed by atoms with Crippen molar-refractivity contribution >= 4 is 11.6 Å². The topological polar surface area (TPSA) is 90.0 Å². The highest BCUT2D eigenvalue weighted by Gasteiger charge is 2.13. The standard InChI is InChI=1S/C20H22N4O3/c1-5-16-21-20(27-23-16)15-6-7-18(26)24(10-15)11-17(25)22-19-13(3)8-12(2)9-14(19)4/h6-10H,5,11H2,1-4H3,(H,22,25). The summed E-state index contributed by atoms with van der Waals surface area (Å²) < 4.78 is 6.54. The smallest absolute Gasteiger partial charge is 0.259 e. The second kappa shape index (κ2) is 7.57. The molecule has 0 spiro atoms. The Morgan fingerprint density at radius 3 is 2.52 bits per heavy atom. The molecule has 3 rings (SSSR count). The van der Waals surface area contributed by atoms with Crippen LogP contribution < -0.4 is 10.9 Å². The number of hydrogen-bond acceptors (Lipinski definition) is 5. The van der Waals surface area contributed by atoms with Crippen LogP contribution in [-0.2, 0) is 17.8 Å². The summed E-state index contributed by atoms with van der Waals surface area (Å²) >= 11 is 0. The summed E-state index contributed by atoms with van der Waals surface area (Å²) in [7, 11) is 0. The fourth-order valence-electron chi connectivity index (χ4n) is 3.01. The molecule has 0 saturated carbocycles. The number of amides is 1. The van der Waals surface area contributed by atoms with Crippen molar-refractivity contribution in [1.29, 1.82) is 0 Å². The lowest BCUT2D eigenvalue weighted by Crippen LogP contribution is -2.27. The lowest BCUT2D eigenvalue weighted by atomic mass is 10.1. The van der Waals surface area contributed by atoms with Gasteiger partial charge in [-0.3, -0.25) is 9.59 Å². The van der Waals surface area contributed by atoms with Gasteiger partial charge < -0.3 is 14.4 Å². The van der Waals surface area contributed by atoms with Gasteiger partial charge in [0.15, 0.2) is 5.82 Å². The van der Waals surface area contributed by atoms with Gasteiger partial charge >= 0.3 is 0 Å². The first-order valence-corrected chi connectivity index (χ1v) is 8.78. The molecule has 0 aliphatic heterocycles. The minimum atomic E-state index is -0.276. The van der Waals surface area contributed by atoms with Crippen molar-refractivity contribution in [2.75, 3.05) is 5.32 Å². The molecule has 7 heteroatoms. The molecular formula is C20H22N4O3. The van der Waals surface area contributed by atoms with Crippen LogP contribution in [-0.4, -0.2) is 20.6 Å². The van der Waals surface area contributed by atoms with Gasteiger partial charge in [-0.25, -0.2) is 0 Å². The predicted molar refractivity (Wildman–Crippen MR) is 103 cm³/mol. The van der Waals surface area contributed by atoms with E-state index in [0.29, 0.717) is 23.7 Å². The van der Waals surface area contributed by atoms with E-state index < -0.39 is 0 Å². The SMILES string of the molecule is CCc1noc(-c2ccc(=O)n(CC(=O)Nc3c(C)cc(C)cc3C)c2)n1. The summed E-state index contributed by atoms with van der Waals surface area (Å²) in [6.45, 7) is 7.73. The van der Waals surface area contributed by atoms with Gasteiger partial charge in [-0.2, -0.15) is 4.98 Å². The van der Waals surface area contributed by atoms with Crippen molar-refractivity contribution < 1.29 is 9.32 Å². The van der Waals surface area contributed by atoms with Gasteiger partial charge in [0.05, 0.1) is 5.56 Å². The number of benzene rings is 1. The maximum atomic E-state index is 12.5. The Hall–Kier alpha value is -3.22. The third-order valence-corrected chi connectivity index (χ3v) is 4.27. The molecule has 0 bridgehead atoms. The van der Waals surface area contributed by atoms with E-state index in [0.717, 1.165) is 22.4 Å². The molecule has 0 saturated heterocycles. The van der Waals surface area contributed by atoms with Crippen LogP contribution in [0.1, 0.15) is 29.4 Å². The number of carbonyl (C=O) groups excluding carboxylic acids is 1. The Balaban J connectivity index is 1.82. The van der Waals surface area contributed by atoms with E-state index in [-0.39, 0.29) is 18.0 Å². The summed E-state index contributed by atoms with van der Waals surface area (Å²) in [6.07, 6.45) is 2.21. The average molecular weight is 366 g/mol. The van der Waals surface area contributed by atoms with Gasteiger partial charge in [-0.1, -0.05) is 29.8 Å². The third kappa shape index (κ3) is 4.13. The number of nitrogens with one attached hydrogen (secondary N) is 1. The van der Waals surface area contributed by atoms with Crippen LogP contribution in [0.3, 0.4) is 0 Å². The fourth-order valence-corrected chi connectivity index (χ4v) is 3.01.